The fourth-order valence-electron chi connectivity index (χ4n) is 2.36. The molecule has 18 heavy (non-hydrogen) atoms. The molecule has 1 nitrogen and oxygen atoms in total. The summed E-state index contributed by atoms with van der Waals surface area (Å²) in [5.41, 5.74) is 3.04. The second-order valence-electron chi connectivity index (χ2n) is 5.70. The molecule has 2 rings (SSSR count). The largest absolute Gasteiger partial charge is 0.312 e. The third-order valence-corrected chi connectivity index (χ3v) is 5.51. The Morgan fingerprint density at radius 2 is 2.17 bits per heavy atom. The summed E-state index contributed by atoms with van der Waals surface area (Å²) in [4.78, 5) is 0. The number of hydrogen-bond acceptors (Lipinski definition) is 2. The Labute approximate surface area is 123 Å². The lowest BCUT2D eigenvalue weighted by molar-refractivity contribution is 0.438. The van der Waals surface area contributed by atoms with Crippen LogP contribution < -0.4 is 5.32 Å². The van der Waals surface area contributed by atoms with Crippen LogP contribution in [0.25, 0.3) is 0 Å². The van der Waals surface area contributed by atoms with Gasteiger partial charge in [-0.15, -0.1) is 0 Å². The number of nitrogens with one attached hydrogen (secondary N) is 1. The molecule has 0 saturated heterocycles. The van der Waals surface area contributed by atoms with Crippen molar-refractivity contribution in [2.45, 2.75) is 43.9 Å². The zero-order valence-corrected chi connectivity index (χ0v) is 13.8. The molecule has 0 bridgehead atoms. The van der Waals surface area contributed by atoms with Crippen LogP contribution >= 0.6 is 27.7 Å². The van der Waals surface area contributed by atoms with Gasteiger partial charge in [-0.05, 0) is 62.6 Å². The quantitative estimate of drug-likeness (QED) is 0.895. The number of hydrogen-bond donors (Lipinski definition) is 1. The van der Waals surface area contributed by atoms with Gasteiger partial charge in [-0.1, -0.05) is 22.0 Å². The average Bonchev–Trinajstić information content (AvgIpc) is 2.36. The first-order chi connectivity index (χ1) is 8.50. The standard InChI is InChI=1S/C15H22BrNS/c1-15(2,18-3)10-17-14-7-5-11-8-13(16)6-4-12(11)9-14/h4,6,8,14,17H,5,7,9-10H2,1-3H3. The van der Waals surface area contributed by atoms with E-state index < -0.39 is 0 Å². The SMILES string of the molecule is CSC(C)(C)CNC1CCc2cc(Br)ccc2C1. The lowest BCUT2D eigenvalue weighted by atomic mass is 9.88. The van der Waals surface area contributed by atoms with E-state index in [9.17, 15) is 0 Å². The van der Waals surface area contributed by atoms with Gasteiger partial charge in [0.05, 0.1) is 0 Å². The molecule has 0 aliphatic heterocycles. The Morgan fingerprint density at radius 1 is 1.39 bits per heavy atom. The van der Waals surface area contributed by atoms with Gasteiger partial charge in [0.1, 0.15) is 0 Å². The Hall–Kier alpha value is 0.01000. The van der Waals surface area contributed by atoms with Crippen molar-refractivity contribution in [1.29, 1.82) is 0 Å². The molecule has 0 radical (unpaired) electrons. The summed E-state index contributed by atoms with van der Waals surface area (Å²) in [6.07, 6.45) is 5.82. The van der Waals surface area contributed by atoms with E-state index in [-0.39, 0.29) is 0 Å². The van der Waals surface area contributed by atoms with Gasteiger partial charge in [0.2, 0.25) is 0 Å². The maximum atomic E-state index is 3.74. The topological polar surface area (TPSA) is 12.0 Å². The Bertz CT molecular complexity index is 417. The van der Waals surface area contributed by atoms with E-state index in [1.807, 2.05) is 11.8 Å². The number of aryl methyl sites for hydroxylation is 1. The Morgan fingerprint density at radius 3 is 2.89 bits per heavy atom. The first kappa shape index (κ1) is 14.4. The molecule has 1 aromatic rings. The normalized spacial score (nSPS) is 19.7. The molecular formula is C15H22BrNS. The number of halogens is 1. The van der Waals surface area contributed by atoms with Crippen molar-refractivity contribution in [2.75, 3.05) is 12.8 Å². The number of fused-ring (bicyclic) bond motifs is 1. The molecule has 1 unspecified atom stereocenters. The second-order valence-corrected chi connectivity index (χ2v) is 8.13. The lowest BCUT2D eigenvalue weighted by Crippen LogP contribution is -2.41. The fourth-order valence-corrected chi connectivity index (χ4v) is 3.00. The van der Waals surface area contributed by atoms with Crippen LogP contribution in [0.1, 0.15) is 31.4 Å². The molecule has 0 fully saturated rings. The smallest absolute Gasteiger partial charge is 0.0225 e. The van der Waals surface area contributed by atoms with Gasteiger partial charge in [0.25, 0.3) is 0 Å². The molecule has 0 heterocycles. The highest BCUT2D eigenvalue weighted by Gasteiger charge is 2.22. The van der Waals surface area contributed by atoms with Gasteiger partial charge in [0, 0.05) is 21.8 Å². The van der Waals surface area contributed by atoms with E-state index >= 15 is 0 Å². The van der Waals surface area contributed by atoms with Gasteiger partial charge in [0.15, 0.2) is 0 Å². The number of thioether (sulfide) groups is 1. The van der Waals surface area contributed by atoms with E-state index in [4.69, 9.17) is 0 Å². The van der Waals surface area contributed by atoms with Gasteiger partial charge >= 0.3 is 0 Å². The van der Waals surface area contributed by atoms with E-state index in [1.54, 1.807) is 0 Å². The van der Waals surface area contributed by atoms with Crippen LogP contribution in [-0.2, 0) is 12.8 Å². The monoisotopic (exact) mass is 327 g/mol. The predicted molar refractivity (Wildman–Crippen MR) is 85.6 cm³/mol. The number of rotatable bonds is 4. The molecule has 0 aromatic heterocycles. The highest BCUT2D eigenvalue weighted by atomic mass is 79.9. The first-order valence-electron chi connectivity index (χ1n) is 6.56. The van der Waals surface area contributed by atoms with E-state index in [2.05, 4.69) is 59.5 Å². The molecule has 1 aliphatic carbocycles. The van der Waals surface area contributed by atoms with Gasteiger partial charge in [-0.2, -0.15) is 11.8 Å². The van der Waals surface area contributed by atoms with Crippen molar-refractivity contribution in [3.8, 4) is 0 Å². The fraction of sp³-hybridized carbons (Fsp3) is 0.600. The van der Waals surface area contributed by atoms with Gasteiger partial charge in [-0.3, -0.25) is 0 Å². The Balaban J connectivity index is 1.94. The summed E-state index contributed by atoms with van der Waals surface area (Å²) in [5, 5.41) is 3.74. The molecule has 100 valence electrons. The molecule has 1 atom stereocenters. The van der Waals surface area contributed by atoms with Crippen LogP contribution in [0.15, 0.2) is 22.7 Å². The summed E-state index contributed by atoms with van der Waals surface area (Å²) in [6, 6.07) is 7.35. The third-order valence-electron chi connectivity index (χ3n) is 3.77. The summed E-state index contributed by atoms with van der Waals surface area (Å²) in [7, 11) is 0. The molecule has 0 spiro atoms. The highest BCUT2D eigenvalue weighted by molar-refractivity contribution is 9.10. The summed E-state index contributed by atoms with van der Waals surface area (Å²) < 4.78 is 1.54. The van der Waals surface area contributed by atoms with Crippen LogP contribution in [0.5, 0.6) is 0 Å². The first-order valence-corrected chi connectivity index (χ1v) is 8.58. The molecule has 0 amide bonds. The van der Waals surface area contributed by atoms with E-state index in [0.717, 1.165) is 6.54 Å². The lowest BCUT2D eigenvalue weighted by Gasteiger charge is -2.30. The molecule has 1 aromatic carbocycles. The van der Waals surface area contributed by atoms with E-state index in [0.29, 0.717) is 10.8 Å². The van der Waals surface area contributed by atoms with Crippen molar-refractivity contribution in [3.05, 3.63) is 33.8 Å². The van der Waals surface area contributed by atoms with Crippen molar-refractivity contribution < 1.29 is 0 Å². The van der Waals surface area contributed by atoms with Crippen molar-refractivity contribution >= 4 is 27.7 Å². The van der Waals surface area contributed by atoms with Gasteiger partial charge in [-0.25, -0.2) is 0 Å². The molecular weight excluding hydrogens is 306 g/mol. The summed E-state index contributed by atoms with van der Waals surface area (Å²) in [6.45, 7) is 5.70. The highest BCUT2D eigenvalue weighted by Crippen LogP contribution is 2.26. The minimum Gasteiger partial charge on any atom is -0.312 e. The van der Waals surface area contributed by atoms with Crippen molar-refractivity contribution in [3.63, 3.8) is 0 Å². The van der Waals surface area contributed by atoms with Crippen LogP contribution in [0.4, 0.5) is 0 Å². The van der Waals surface area contributed by atoms with Crippen molar-refractivity contribution in [2.24, 2.45) is 0 Å². The minimum absolute atomic E-state index is 0.333. The molecule has 1 N–H and O–H groups in total. The summed E-state index contributed by atoms with van der Waals surface area (Å²) >= 11 is 5.49. The van der Waals surface area contributed by atoms with Gasteiger partial charge < -0.3 is 5.32 Å². The van der Waals surface area contributed by atoms with Crippen LogP contribution in [0, 0.1) is 0 Å². The maximum absolute atomic E-state index is 3.74. The zero-order valence-electron chi connectivity index (χ0n) is 11.4. The Kier molecular flexibility index (Phi) is 4.79. The minimum atomic E-state index is 0.333. The van der Waals surface area contributed by atoms with Crippen LogP contribution in [0.2, 0.25) is 0 Å². The third kappa shape index (κ3) is 3.75. The zero-order chi connectivity index (χ0) is 13.2. The second kappa shape index (κ2) is 5.98. The molecule has 1 aliphatic rings. The van der Waals surface area contributed by atoms with Crippen LogP contribution in [-0.4, -0.2) is 23.6 Å². The molecule has 0 saturated carbocycles. The maximum Gasteiger partial charge on any atom is 0.0225 e. The number of benzene rings is 1. The molecule has 3 heteroatoms. The average molecular weight is 328 g/mol. The summed E-state index contributed by atoms with van der Waals surface area (Å²) in [5.74, 6) is 0. The van der Waals surface area contributed by atoms with Crippen molar-refractivity contribution in [1.82, 2.24) is 5.32 Å². The van der Waals surface area contributed by atoms with Crippen LogP contribution in [0.3, 0.4) is 0 Å². The van der Waals surface area contributed by atoms with E-state index in [1.165, 1.54) is 34.9 Å². The predicted octanol–water partition coefficient (Wildman–Crippen LogP) is 4.04.